The number of halogens is 2. The highest BCUT2D eigenvalue weighted by Crippen LogP contribution is 2.33. The third kappa shape index (κ3) is 6.14. The summed E-state index contributed by atoms with van der Waals surface area (Å²) < 4.78 is 11.7. The lowest BCUT2D eigenvalue weighted by Gasteiger charge is -2.13. The molecule has 1 aliphatic rings. The van der Waals surface area contributed by atoms with Crippen molar-refractivity contribution in [3.8, 4) is 11.5 Å². The highest BCUT2D eigenvalue weighted by atomic mass is 35.5. The van der Waals surface area contributed by atoms with Gasteiger partial charge in [0.15, 0.2) is 16.7 Å². The Morgan fingerprint density at radius 1 is 1.00 bits per heavy atom. The van der Waals surface area contributed by atoms with Crippen LogP contribution < -0.4 is 14.8 Å². The van der Waals surface area contributed by atoms with Gasteiger partial charge in [0.2, 0.25) is 0 Å². The summed E-state index contributed by atoms with van der Waals surface area (Å²) in [6.07, 6.45) is 1.80. The summed E-state index contributed by atoms with van der Waals surface area (Å²) in [7, 11) is 0. The molecule has 174 valence electrons. The third-order valence-corrected chi connectivity index (χ3v) is 6.48. The lowest BCUT2D eigenvalue weighted by molar-refractivity contribution is -0.115. The minimum Gasteiger partial charge on any atom is -0.490 e. The minimum atomic E-state index is -0.206. The summed E-state index contributed by atoms with van der Waals surface area (Å²) in [6, 6.07) is 18.6. The summed E-state index contributed by atoms with van der Waals surface area (Å²) in [5.41, 5.74) is 3.47. The van der Waals surface area contributed by atoms with E-state index in [-0.39, 0.29) is 5.91 Å². The smallest absolute Gasteiger partial charge is 0.264 e. The van der Waals surface area contributed by atoms with Gasteiger partial charge in [0, 0.05) is 10.0 Å². The number of rotatable bonds is 7. The molecule has 0 unspecified atom stereocenters. The van der Waals surface area contributed by atoms with Crippen molar-refractivity contribution in [2.75, 3.05) is 6.61 Å². The molecule has 0 saturated carbocycles. The van der Waals surface area contributed by atoms with Crippen molar-refractivity contribution >= 4 is 57.8 Å². The molecule has 1 heterocycles. The Kier molecular flexibility index (Phi) is 7.83. The van der Waals surface area contributed by atoms with E-state index in [0.29, 0.717) is 50.5 Å². The maximum Gasteiger partial charge on any atom is 0.264 e. The highest BCUT2D eigenvalue weighted by Gasteiger charge is 2.24. The fraction of sp³-hybridized carbons (Fsp3) is 0.154. The molecule has 1 fully saturated rings. The van der Waals surface area contributed by atoms with Crippen LogP contribution in [0.4, 0.5) is 5.69 Å². The second-order valence-electron chi connectivity index (χ2n) is 7.47. The Morgan fingerprint density at radius 3 is 2.53 bits per heavy atom. The second-order valence-corrected chi connectivity index (χ2v) is 9.34. The Hall–Kier alpha value is -2.93. The molecular weight excluding hydrogens is 491 g/mol. The van der Waals surface area contributed by atoms with Gasteiger partial charge >= 0.3 is 0 Å². The SMILES string of the molecule is CCOc1cc(/C=C2\SC(=Nc3ccc(C)c(Cl)c3)NC2=O)ccc1OCc1ccc(Cl)cc1. The first-order valence-electron chi connectivity index (χ1n) is 10.6. The van der Waals surface area contributed by atoms with Crippen molar-refractivity contribution < 1.29 is 14.3 Å². The Balaban J connectivity index is 1.50. The van der Waals surface area contributed by atoms with E-state index in [1.165, 1.54) is 11.8 Å². The number of nitrogens with one attached hydrogen (secondary N) is 1. The van der Waals surface area contributed by atoms with Crippen LogP contribution >= 0.6 is 35.0 Å². The standard InChI is InChI=1S/C26H22Cl2N2O3S/c1-3-32-23-12-18(7-11-22(23)33-15-17-5-8-19(27)9-6-17)13-24-25(31)30-26(34-24)29-20-10-4-16(2)21(28)14-20/h4-14H,3,15H2,1-2H3,(H,29,30,31)/b24-13-. The van der Waals surface area contributed by atoms with Gasteiger partial charge < -0.3 is 14.8 Å². The van der Waals surface area contributed by atoms with Crippen LogP contribution in [0.5, 0.6) is 11.5 Å². The van der Waals surface area contributed by atoms with E-state index < -0.39 is 0 Å². The Morgan fingerprint density at radius 2 is 1.79 bits per heavy atom. The van der Waals surface area contributed by atoms with Crippen molar-refractivity contribution in [1.29, 1.82) is 0 Å². The van der Waals surface area contributed by atoms with Crippen molar-refractivity contribution in [2.45, 2.75) is 20.5 Å². The van der Waals surface area contributed by atoms with Crippen LogP contribution in [0, 0.1) is 6.92 Å². The zero-order valence-electron chi connectivity index (χ0n) is 18.6. The maximum atomic E-state index is 12.5. The van der Waals surface area contributed by atoms with Crippen molar-refractivity contribution in [3.05, 3.63) is 92.3 Å². The number of thioether (sulfide) groups is 1. The molecule has 34 heavy (non-hydrogen) atoms. The molecule has 1 aliphatic heterocycles. The number of ether oxygens (including phenoxy) is 2. The molecule has 0 atom stereocenters. The molecular formula is C26H22Cl2N2O3S. The molecule has 3 aromatic carbocycles. The fourth-order valence-electron chi connectivity index (χ4n) is 3.14. The van der Waals surface area contributed by atoms with E-state index in [4.69, 9.17) is 32.7 Å². The van der Waals surface area contributed by atoms with Crippen molar-refractivity contribution in [2.24, 2.45) is 4.99 Å². The minimum absolute atomic E-state index is 0.206. The molecule has 3 aromatic rings. The lowest BCUT2D eigenvalue weighted by Crippen LogP contribution is -2.19. The van der Waals surface area contributed by atoms with Crippen LogP contribution in [-0.4, -0.2) is 17.7 Å². The monoisotopic (exact) mass is 512 g/mol. The number of hydrogen-bond donors (Lipinski definition) is 1. The van der Waals surface area contributed by atoms with E-state index >= 15 is 0 Å². The number of amidine groups is 1. The lowest BCUT2D eigenvalue weighted by atomic mass is 10.2. The number of benzene rings is 3. The number of aliphatic imine (C=N–C) groups is 1. The average Bonchev–Trinajstić information content (AvgIpc) is 3.15. The van der Waals surface area contributed by atoms with Crippen molar-refractivity contribution in [3.63, 3.8) is 0 Å². The van der Waals surface area contributed by atoms with Gasteiger partial charge in [-0.3, -0.25) is 4.79 Å². The summed E-state index contributed by atoms with van der Waals surface area (Å²) >= 11 is 13.4. The van der Waals surface area contributed by atoms with E-state index in [1.54, 1.807) is 12.1 Å². The van der Waals surface area contributed by atoms with Crippen molar-refractivity contribution in [1.82, 2.24) is 5.32 Å². The largest absolute Gasteiger partial charge is 0.490 e. The number of aryl methyl sites for hydroxylation is 1. The Labute approximate surface area is 212 Å². The number of amides is 1. The molecule has 1 amide bonds. The second kappa shape index (κ2) is 11.0. The van der Waals surface area contributed by atoms with Crippen LogP contribution in [0.1, 0.15) is 23.6 Å². The fourth-order valence-corrected chi connectivity index (χ4v) is 4.29. The van der Waals surface area contributed by atoms with Gasteiger partial charge in [0.05, 0.1) is 17.2 Å². The molecule has 8 heteroatoms. The molecule has 0 spiro atoms. The van der Waals surface area contributed by atoms with Crippen LogP contribution in [0.15, 0.2) is 70.6 Å². The summed E-state index contributed by atoms with van der Waals surface area (Å²) in [6.45, 7) is 4.71. The molecule has 0 bridgehead atoms. The van der Waals surface area contributed by atoms with Gasteiger partial charge in [-0.2, -0.15) is 0 Å². The Bertz CT molecular complexity index is 1270. The van der Waals surface area contributed by atoms with Crippen LogP contribution in [0.25, 0.3) is 6.08 Å². The molecule has 0 aliphatic carbocycles. The van der Waals surface area contributed by atoms with Gasteiger partial charge in [-0.25, -0.2) is 4.99 Å². The zero-order chi connectivity index (χ0) is 24.1. The van der Waals surface area contributed by atoms with E-state index in [0.717, 1.165) is 16.7 Å². The molecule has 0 radical (unpaired) electrons. The van der Waals surface area contributed by atoms with Gasteiger partial charge in [-0.15, -0.1) is 0 Å². The first-order valence-corrected chi connectivity index (χ1v) is 12.2. The predicted octanol–water partition coefficient (Wildman–Crippen LogP) is 7.17. The molecule has 5 nitrogen and oxygen atoms in total. The van der Waals surface area contributed by atoms with Crippen LogP contribution in [-0.2, 0) is 11.4 Å². The maximum absolute atomic E-state index is 12.5. The van der Waals surface area contributed by atoms with Crippen LogP contribution in [0.3, 0.4) is 0 Å². The average molecular weight is 513 g/mol. The molecule has 4 rings (SSSR count). The first-order chi connectivity index (χ1) is 16.4. The van der Waals surface area contributed by atoms with E-state index in [9.17, 15) is 4.79 Å². The predicted molar refractivity (Wildman–Crippen MR) is 140 cm³/mol. The summed E-state index contributed by atoms with van der Waals surface area (Å²) in [5, 5.41) is 4.62. The summed E-state index contributed by atoms with van der Waals surface area (Å²) in [5.74, 6) is 1.03. The van der Waals surface area contributed by atoms with E-state index in [1.807, 2.05) is 68.4 Å². The normalized spacial score (nSPS) is 15.6. The highest BCUT2D eigenvalue weighted by molar-refractivity contribution is 8.18. The van der Waals surface area contributed by atoms with Gasteiger partial charge in [-0.1, -0.05) is 47.5 Å². The zero-order valence-corrected chi connectivity index (χ0v) is 20.9. The number of carbonyl (C=O) groups is 1. The number of hydrogen-bond acceptors (Lipinski definition) is 5. The topological polar surface area (TPSA) is 59.9 Å². The number of nitrogens with zero attached hydrogens (tertiary/aromatic N) is 1. The van der Waals surface area contributed by atoms with Gasteiger partial charge in [0.1, 0.15) is 6.61 Å². The van der Waals surface area contributed by atoms with Gasteiger partial charge in [0.25, 0.3) is 5.91 Å². The number of carbonyl (C=O) groups excluding carboxylic acids is 1. The third-order valence-electron chi connectivity index (χ3n) is 4.91. The van der Waals surface area contributed by atoms with Crippen LogP contribution in [0.2, 0.25) is 10.0 Å². The molecule has 1 saturated heterocycles. The molecule has 1 N–H and O–H groups in total. The van der Waals surface area contributed by atoms with E-state index in [2.05, 4.69) is 10.3 Å². The molecule has 0 aromatic heterocycles. The summed E-state index contributed by atoms with van der Waals surface area (Å²) in [4.78, 5) is 17.5. The first kappa shape index (κ1) is 24.2. The quantitative estimate of drug-likeness (QED) is 0.340. The van der Waals surface area contributed by atoms with Gasteiger partial charge in [-0.05, 0) is 84.8 Å².